The van der Waals surface area contributed by atoms with E-state index in [4.69, 9.17) is 5.11 Å². The molecule has 0 bridgehead atoms. The summed E-state index contributed by atoms with van der Waals surface area (Å²) in [6, 6.07) is 0. The molecule has 1 nitrogen and oxygen atoms in total. The molecule has 0 amide bonds. The van der Waals surface area contributed by atoms with Gasteiger partial charge < -0.3 is 5.11 Å². The highest BCUT2D eigenvalue weighted by Gasteiger charge is 1.93. The summed E-state index contributed by atoms with van der Waals surface area (Å²) in [7, 11) is 0. The van der Waals surface area contributed by atoms with Gasteiger partial charge in [-0.05, 0) is 19.3 Å². The van der Waals surface area contributed by atoms with Crippen molar-refractivity contribution in [2.45, 2.75) is 103 Å². The molecule has 0 saturated carbocycles. The number of allylic oxidation sites excluding steroid dienone is 1. The van der Waals surface area contributed by atoms with Crippen LogP contribution < -0.4 is 0 Å². The molecule has 120 valence electrons. The van der Waals surface area contributed by atoms with Crippen molar-refractivity contribution in [1.82, 2.24) is 0 Å². The van der Waals surface area contributed by atoms with E-state index in [1.54, 1.807) is 0 Å². The molecule has 0 unspecified atom stereocenters. The van der Waals surface area contributed by atoms with Crippen molar-refractivity contribution < 1.29 is 5.11 Å². The van der Waals surface area contributed by atoms with Crippen molar-refractivity contribution in [1.29, 1.82) is 0 Å². The predicted octanol–water partition coefficient (Wildman–Crippen LogP) is 6.41. The quantitative estimate of drug-likeness (QED) is 0.256. The van der Waals surface area contributed by atoms with E-state index in [1.165, 1.54) is 89.9 Å². The molecule has 0 radical (unpaired) electrons. The summed E-state index contributed by atoms with van der Waals surface area (Å²) in [6.07, 6.45) is 24.8. The van der Waals surface area contributed by atoms with Crippen LogP contribution in [0, 0.1) is 0 Å². The first-order valence-corrected chi connectivity index (χ1v) is 9.17. The standard InChI is InChI=1S/C19H38O/c1-2-3-4-5-6-7-8-9-10-11-12-13-14-15-16-17-18-19-20/h16-17,20H,2-15,18-19H2,1H3/b17-16-. The van der Waals surface area contributed by atoms with Gasteiger partial charge in [0.05, 0.1) is 0 Å². The topological polar surface area (TPSA) is 20.2 Å². The van der Waals surface area contributed by atoms with E-state index in [9.17, 15) is 0 Å². The maximum atomic E-state index is 8.63. The first kappa shape index (κ1) is 19.7. The molecule has 1 heteroatoms. The summed E-state index contributed by atoms with van der Waals surface area (Å²) < 4.78 is 0. The molecule has 0 rings (SSSR count). The van der Waals surface area contributed by atoms with Gasteiger partial charge in [0.15, 0.2) is 0 Å². The summed E-state index contributed by atoms with van der Waals surface area (Å²) in [5, 5.41) is 8.63. The van der Waals surface area contributed by atoms with Crippen molar-refractivity contribution in [3.05, 3.63) is 12.2 Å². The van der Waals surface area contributed by atoms with Crippen molar-refractivity contribution in [2.75, 3.05) is 6.61 Å². The highest BCUT2D eigenvalue weighted by atomic mass is 16.2. The van der Waals surface area contributed by atoms with Crippen LogP contribution in [0.1, 0.15) is 103 Å². The molecule has 0 heterocycles. The SMILES string of the molecule is CCCCCCCCCCCCCCC/C=C\CCO. The average Bonchev–Trinajstić information content (AvgIpc) is 2.47. The monoisotopic (exact) mass is 282 g/mol. The summed E-state index contributed by atoms with van der Waals surface area (Å²) in [4.78, 5) is 0. The summed E-state index contributed by atoms with van der Waals surface area (Å²) >= 11 is 0. The molecule has 0 aliphatic rings. The molecule has 0 atom stereocenters. The Hall–Kier alpha value is -0.300. The molecular weight excluding hydrogens is 244 g/mol. The predicted molar refractivity (Wildman–Crippen MR) is 91.2 cm³/mol. The molecule has 1 N–H and O–H groups in total. The van der Waals surface area contributed by atoms with Crippen molar-refractivity contribution in [2.24, 2.45) is 0 Å². The number of rotatable bonds is 16. The minimum Gasteiger partial charge on any atom is -0.396 e. The highest BCUT2D eigenvalue weighted by molar-refractivity contribution is 4.80. The van der Waals surface area contributed by atoms with Crippen LogP contribution in [0.15, 0.2) is 12.2 Å². The van der Waals surface area contributed by atoms with Crippen molar-refractivity contribution in [3.8, 4) is 0 Å². The Labute approximate surface area is 127 Å². The van der Waals surface area contributed by atoms with Crippen LogP contribution in [-0.4, -0.2) is 11.7 Å². The Morgan fingerprint density at radius 1 is 0.550 bits per heavy atom. The fourth-order valence-electron chi connectivity index (χ4n) is 2.59. The van der Waals surface area contributed by atoms with Gasteiger partial charge >= 0.3 is 0 Å². The van der Waals surface area contributed by atoms with Crippen LogP contribution in [0.2, 0.25) is 0 Å². The molecule has 20 heavy (non-hydrogen) atoms. The third kappa shape index (κ3) is 17.7. The second kappa shape index (κ2) is 18.7. The van der Waals surface area contributed by atoms with E-state index in [-0.39, 0.29) is 6.61 Å². The molecule has 0 saturated heterocycles. The van der Waals surface area contributed by atoms with Gasteiger partial charge in [0.1, 0.15) is 0 Å². The zero-order valence-electron chi connectivity index (χ0n) is 13.9. The Kier molecular flexibility index (Phi) is 18.4. The number of aliphatic hydroxyl groups is 1. The van der Waals surface area contributed by atoms with E-state index < -0.39 is 0 Å². The average molecular weight is 283 g/mol. The number of hydrogen-bond acceptors (Lipinski definition) is 1. The summed E-state index contributed by atoms with van der Waals surface area (Å²) in [5.41, 5.74) is 0. The van der Waals surface area contributed by atoms with E-state index in [1.807, 2.05) is 0 Å². The third-order valence-corrected chi connectivity index (χ3v) is 3.94. The third-order valence-electron chi connectivity index (χ3n) is 3.94. The number of hydrogen-bond donors (Lipinski definition) is 1. The lowest BCUT2D eigenvalue weighted by Crippen LogP contribution is -1.82. The van der Waals surface area contributed by atoms with E-state index in [0.717, 1.165) is 6.42 Å². The normalized spacial score (nSPS) is 11.5. The van der Waals surface area contributed by atoms with Gasteiger partial charge in [-0.2, -0.15) is 0 Å². The minimum atomic E-state index is 0.287. The molecule has 0 aliphatic heterocycles. The van der Waals surface area contributed by atoms with Gasteiger partial charge in [0.25, 0.3) is 0 Å². The first-order chi connectivity index (χ1) is 9.91. The van der Waals surface area contributed by atoms with Gasteiger partial charge in [0, 0.05) is 6.61 Å². The zero-order valence-corrected chi connectivity index (χ0v) is 13.9. The van der Waals surface area contributed by atoms with Crippen LogP contribution in [0.5, 0.6) is 0 Å². The van der Waals surface area contributed by atoms with Gasteiger partial charge in [-0.1, -0.05) is 96.1 Å². The van der Waals surface area contributed by atoms with Gasteiger partial charge in [0.2, 0.25) is 0 Å². The zero-order chi connectivity index (χ0) is 14.7. The molecule has 0 fully saturated rings. The lowest BCUT2D eigenvalue weighted by Gasteiger charge is -2.02. The van der Waals surface area contributed by atoms with Crippen LogP contribution in [0.3, 0.4) is 0 Å². The van der Waals surface area contributed by atoms with Crippen LogP contribution in [0.25, 0.3) is 0 Å². The fourth-order valence-corrected chi connectivity index (χ4v) is 2.59. The summed E-state index contributed by atoms with van der Waals surface area (Å²) in [6.45, 7) is 2.57. The Bertz CT molecular complexity index is 186. The van der Waals surface area contributed by atoms with Crippen LogP contribution in [0.4, 0.5) is 0 Å². The van der Waals surface area contributed by atoms with E-state index in [2.05, 4.69) is 19.1 Å². The van der Waals surface area contributed by atoms with E-state index >= 15 is 0 Å². The first-order valence-electron chi connectivity index (χ1n) is 9.17. The maximum Gasteiger partial charge on any atom is 0.0465 e. The minimum absolute atomic E-state index is 0.287. The molecule has 0 aromatic carbocycles. The molecule has 0 spiro atoms. The van der Waals surface area contributed by atoms with Gasteiger partial charge in [-0.3, -0.25) is 0 Å². The summed E-state index contributed by atoms with van der Waals surface area (Å²) in [5.74, 6) is 0. The molecule has 0 aromatic rings. The largest absolute Gasteiger partial charge is 0.396 e. The second-order valence-electron chi connectivity index (χ2n) is 6.02. The molecule has 0 aliphatic carbocycles. The highest BCUT2D eigenvalue weighted by Crippen LogP contribution is 2.12. The second-order valence-corrected chi connectivity index (χ2v) is 6.02. The molecular formula is C19H38O. The lowest BCUT2D eigenvalue weighted by molar-refractivity contribution is 0.302. The van der Waals surface area contributed by atoms with E-state index in [0.29, 0.717) is 0 Å². The fraction of sp³-hybridized carbons (Fsp3) is 0.895. The Morgan fingerprint density at radius 2 is 0.950 bits per heavy atom. The van der Waals surface area contributed by atoms with Gasteiger partial charge in [-0.25, -0.2) is 0 Å². The number of unbranched alkanes of at least 4 members (excludes halogenated alkanes) is 13. The van der Waals surface area contributed by atoms with Crippen LogP contribution in [-0.2, 0) is 0 Å². The smallest absolute Gasteiger partial charge is 0.0465 e. The van der Waals surface area contributed by atoms with Crippen molar-refractivity contribution >= 4 is 0 Å². The van der Waals surface area contributed by atoms with Crippen LogP contribution >= 0.6 is 0 Å². The Balaban J connectivity index is 2.96. The molecule has 0 aromatic heterocycles. The van der Waals surface area contributed by atoms with Gasteiger partial charge in [-0.15, -0.1) is 0 Å². The maximum absolute atomic E-state index is 8.63. The lowest BCUT2D eigenvalue weighted by atomic mass is 10.0. The van der Waals surface area contributed by atoms with Crippen molar-refractivity contribution in [3.63, 3.8) is 0 Å². The Morgan fingerprint density at radius 3 is 1.40 bits per heavy atom. The number of aliphatic hydroxyl groups excluding tert-OH is 1.